The van der Waals surface area contributed by atoms with E-state index in [0.29, 0.717) is 16.8 Å². The van der Waals surface area contributed by atoms with Gasteiger partial charge in [0.1, 0.15) is 17.3 Å². The zero-order chi connectivity index (χ0) is 15.1. The van der Waals surface area contributed by atoms with Crippen molar-refractivity contribution >= 4 is 28.3 Å². The molecular formula is C16H17ClN4. The number of hydrogen-bond donors (Lipinski definition) is 1. The first-order valence-electron chi connectivity index (χ1n) is 6.86. The first-order valence-corrected chi connectivity index (χ1v) is 7.24. The second-order valence-corrected chi connectivity index (χ2v) is 5.82. The molecular weight excluding hydrogens is 284 g/mol. The molecule has 0 spiro atoms. The van der Waals surface area contributed by atoms with E-state index >= 15 is 0 Å². The van der Waals surface area contributed by atoms with E-state index in [4.69, 9.17) is 22.3 Å². The predicted molar refractivity (Wildman–Crippen MR) is 87.5 cm³/mol. The van der Waals surface area contributed by atoms with E-state index in [1.54, 1.807) is 6.20 Å². The number of fused-ring (bicyclic) bond motifs is 1. The normalized spacial score (nSPS) is 11.5. The van der Waals surface area contributed by atoms with Crippen LogP contribution in [0.15, 0.2) is 30.5 Å². The number of halogens is 1. The van der Waals surface area contributed by atoms with Crippen molar-refractivity contribution < 1.29 is 0 Å². The van der Waals surface area contributed by atoms with Crippen LogP contribution in [0.25, 0.3) is 22.2 Å². The third-order valence-corrected chi connectivity index (χ3v) is 3.99. The summed E-state index contributed by atoms with van der Waals surface area (Å²) >= 11 is 6.25. The van der Waals surface area contributed by atoms with E-state index < -0.39 is 0 Å². The largest absolute Gasteiger partial charge is 0.383 e. The minimum atomic E-state index is 0.303. The van der Waals surface area contributed by atoms with Crippen LogP contribution in [0.1, 0.15) is 25.6 Å². The molecule has 0 aliphatic carbocycles. The van der Waals surface area contributed by atoms with Crippen molar-refractivity contribution in [3.63, 3.8) is 0 Å². The summed E-state index contributed by atoms with van der Waals surface area (Å²) < 4.78 is 1.93. The number of aromatic nitrogens is 3. The second kappa shape index (κ2) is 5.04. The highest BCUT2D eigenvalue weighted by molar-refractivity contribution is 6.35. The Morgan fingerprint density at radius 2 is 2.00 bits per heavy atom. The molecule has 0 fully saturated rings. The van der Waals surface area contributed by atoms with Gasteiger partial charge in [0, 0.05) is 30.1 Å². The fourth-order valence-electron chi connectivity index (χ4n) is 2.57. The van der Waals surface area contributed by atoms with Crippen molar-refractivity contribution in [2.24, 2.45) is 7.05 Å². The number of nitrogens with zero attached hydrogens (tertiary/aromatic N) is 3. The number of rotatable bonds is 2. The molecule has 3 rings (SSSR count). The second-order valence-electron chi connectivity index (χ2n) is 5.41. The SMILES string of the molecule is CC(C)c1nc(-c2ccc(Cl)c3cccnc23)c(N)n1C. The Morgan fingerprint density at radius 1 is 1.24 bits per heavy atom. The van der Waals surface area contributed by atoms with Crippen molar-refractivity contribution in [1.29, 1.82) is 0 Å². The molecule has 0 unspecified atom stereocenters. The number of pyridine rings is 1. The van der Waals surface area contributed by atoms with Gasteiger partial charge in [-0.2, -0.15) is 0 Å². The van der Waals surface area contributed by atoms with Gasteiger partial charge in [-0.3, -0.25) is 4.98 Å². The molecule has 0 amide bonds. The Labute approximate surface area is 128 Å². The Kier molecular flexibility index (Phi) is 3.33. The molecule has 4 nitrogen and oxygen atoms in total. The zero-order valence-corrected chi connectivity index (χ0v) is 13.0. The van der Waals surface area contributed by atoms with Crippen LogP contribution in [0, 0.1) is 0 Å². The maximum Gasteiger partial charge on any atom is 0.131 e. The summed E-state index contributed by atoms with van der Waals surface area (Å²) in [5.41, 5.74) is 8.74. The van der Waals surface area contributed by atoms with Crippen LogP contribution in [0.5, 0.6) is 0 Å². The number of nitrogens with two attached hydrogens (primary N) is 1. The zero-order valence-electron chi connectivity index (χ0n) is 12.3. The summed E-state index contributed by atoms with van der Waals surface area (Å²) in [6.45, 7) is 4.20. The number of nitrogen functional groups attached to an aromatic ring is 1. The fourth-order valence-corrected chi connectivity index (χ4v) is 2.79. The summed E-state index contributed by atoms with van der Waals surface area (Å²) in [5.74, 6) is 1.91. The summed E-state index contributed by atoms with van der Waals surface area (Å²) in [5, 5.41) is 1.59. The Hall–Kier alpha value is -2.07. The van der Waals surface area contributed by atoms with E-state index in [2.05, 4.69) is 18.8 Å². The highest BCUT2D eigenvalue weighted by Crippen LogP contribution is 2.35. The van der Waals surface area contributed by atoms with Crippen molar-refractivity contribution in [2.75, 3.05) is 5.73 Å². The maximum absolute atomic E-state index is 6.25. The third kappa shape index (κ3) is 2.16. The van der Waals surface area contributed by atoms with Gasteiger partial charge in [0.2, 0.25) is 0 Å². The highest BCUT2D eigenvalue weighted by Gasteiger charge is 2.18. The first kappa shape index (κ1) is 13.9. The number of imidazole rings is 1. The van der Waals surface area contributed by atoms with Gasteiger partial charge in [0.15, 0.2) is 0 Å². The van der Waals surface area contributed by atoms with E-state index in [0.717, 1.165) is 28.0 Å². The Balaban J connectivity index is 2.32. The molecule has 2 N–H and O–H groups in total. The molecule has 0 saturated carbocycles. The lowest BCUT2D eigenvalue weighted by Gasteiger charge is -2.06. The molecule has 2 aromatic heterocycles. The van der Waals surface area contributed by atoms with Gasteiger partial charge < -0.3 is 10.3 Å². The molecule has 108 valence electrons. The monoisotopic (exact) mass is 300 g/mol. The van der Waals surface area contributed by atoms with Gasteiger partial charge in [0.05, 0.1) is 10.5 Å². The van der Waals surface area contributed by atoms with Crippen molar-refractivity contribution in [3.05, 3.63) is 41.3 Å². The van der Waals surface area contributed by atoms with Crippen LogP contribution < -0.4 is 5.73 Å². The molecule has 0 saturated heterocycles. The average molecular weight is 301 g/mol. The van der Waals surface area contributed by atoms with E-state index in [1.807, 2.05) is 35.9 Å². The van der Waals surface area contributed by atoms with E-state index in [1.165, 1.54) is 0 Å². The maximum atomic E-state index is 6.25. The number of anilines is 1. The van der Waals surface area contributed by atoms with Crippen LogP contribution in [-0.4, -0.2) is 14.5 Å². The topological polar surface area (TPSA) is 56.7 Å². The Bertz CT molecular complexity index is 821. The van der Waals surface area contributed by atoms with Crippen molar-refractivity contribution in [1.82, 2.24) is 14.5 Å². The number of hydrogen-bond acceptors (Lipinski definition) is 3. The summed E-state index contributed by atoms with van der Waals surface area (Å²) in [6.07, 6.45) is 1.75. The number of benzene rings is 1. The van der Waals surface area contributed by atoms with Crippen molar-refractivity contribution in [2.45, 2.75) is 19.8 Å². The lowest BCUT2D eigenvalue weighted by molar-refractivity contribution is 0.715. The lowest BCUT2D eigenvalue weighted by atomic mass is 10.1. The minimum absolute atomic E-state index is 0.303. The molecule has 0 atom stereocenters. The van der Waals surface area contributed by atoms with Gasteiger partial charge in [-0.25, -0.2) is 4.98 Å². The Morgan fingerprint density at radius 3 is 2.67 bits per heavy atom. The standard InChI is InChI=1S/C16H17ClN4/c1-9(2)16-20-14(15(18)21(16)3)11-6-7-12(17)10-5-4-8-19-13(10)11/h4-9H,18H2,1-3H3. The van der Waals surface area contributed by atoms with Crippen LogP contribution in [0.4, 0.5) is 5.82 Å². The molecule has 2 heterocycles. The quantitative estimate of drug-likeness (QED) is 0.778. The molecule has 3 aromatic rings. The summed E-state index contributed by atoms with van der Waals surface area (Å²) in [6, 6.07) is 7.63. The molecule has 0 aliphatic heterocycles. The van der Waals surface area contributed by atoms with Gasteiger partial charge in [-0.1, -0.05) is 25.4 Å². The van der Waals surface area contributed by atoms with Crippen molar-refractivity contribution in [3.8, 4) is 11.3 Å². The van der Waals surface area contributed by atoms with Gasteiger partial charge in [0.25, 0.3) is 0 Å². The molecule has 0 radical (unpaired) electrons. The van der Waals surface area contributed by atoms with Crippen LogP contribution >= 0.6 is 11.6 Å². The smallest absolute Gasteiger partial charge is 0.131 e. The molecule has 5 heteroatoms. The predicted octanol–water partition coefficient (Wildman–Crippen LogP) is 3.99. The van der Waals surface area contributed by atoms with Gasteiger partial charge in [-0.05, 0) is 24.3 Å². The molecule has 0 bridgehead atoms. The van der Waals surface area contributed by atoms with Crippen LogP contribution in [0.3, 0.4) is 0 Å². The summed E-state index contributed by atoms with van der Waals surface area (Å²) in [4.78, 5) is 9.17. The molecule has 1 aromatic carbocycles. The fraction of sp³-hybridized carbons (Fsp3) is 0.250. The van der Waals surface area contributed by atoms with Gasteiger partial charge in [-0.15, -0.1) is 0 Å². The molecule has 0 aliphatic rings. The first-order chi connectivity index (χ1) is 10.0. The third-order valence-electron chi connectivity index (χ3n) is 3.66. The van der Waals surface area contributed by atoms with Gasteiger partial charge >= 0.3 is 0 Å². The molecule has 21 heavy (non-hydrogen) atoms. The average Bonchev–Trinajstić information content (AvgIpc) is 2.77. The van der Waals surface area contributed by atoms with E-state index in [9.17, 15) is 0 Å². The van der Waals surface area contributed by atoms with Crippen LogP contribution in [0.2, 0.25) is 5.02 Å². The highest BCUT2D eigenvalue weighted by atomic mass is 35.5. The van der Waals surface area contributed by atoms with E-state index in [-0.39, 0.29) is 0 Å². The minimum Gasteiger partial charge on any atom is -0.383 e. The summed E-state index contributed by atoms with van der Waals surface area (Å²) in [7, 11) is 1.94. The lowest BCUT2D eigenvalue weighted by Crippen LogP contribution is -2.02. The van der Waals surface area contributed by atoms with Crippen LogP contribution in [-0.2, 0) is 7.05 Å².